The molecule has 3 atom stereocenters. The Balaban J connectivity index is 1.70. The number of Topliss-reactive ketones (excluding diaryl/α,β-unsaturated/α-hetero) is 1. The fourth-order valence-electron chi connectivity index (χ4n) is 6.90. The molecule has 368 valence electrons. The first-order chi connectivity index (χ1) is 31.1. The number of amides is 5. The summed E-state index contributed by atoms with van der Waals surface area (Å²) in [6.45, 7) is 14.6. The quantitative estimate of drug-likeness (QED) is 0.0593. The zero-order chi connectivity index (χ0) is 49.0. The number of esters is 1. The van der Waals surface area contributed by atoms with E-state index in [2.05, 4.69) is 36.9 Å². The van der Waals surface area contributed by atoms with Crippen LogP contribution in [-0.2, 0) is 63.9 Å². The summed E-state index contributed by atoms with van der Waals surface area (Å²) in [6.07, 6.45) is 2.80. The molecule has 5 amide bonds. The lowest BCUT2D eigenvalue weighted by Crippen LogP contribution is -2.57. The maximum Gasteiger partial charge on any atom is 0.307 e. The van der Waals surface area contributed by atoms with Crippen LogP contribution in [0.25, 0.3) is 0 Å². The topological polar surface area (TPSA) is 275 Å². The van der Waals surface area contributed by atoms with Gasteiger partial charge in [0.2, 0.25) is 35.3 Å². The molecule has 66 heavy (non-hydrogen) atoms. The van der Waals surface area contributed by atoms with Gasteiger partial charge in [-0.05, 0) is 63.5 Å². The number of carbonyl (C=O) groups excluding carboxylic acids is 7. The molecule has 0 bridgehead atoms. The largest absolute Gasteiger partial charge is 0.449 e. The predicted octanol–water partition coefficient (Wildman–Crippen LogP) is 1.25. The van der Waals surface area contributed by atoms with E-state index in [4.69, 9.17) is 13.7 Å². The second kappa shape index (κ2) is 26.7. The number of morpholine rings is 1. The Morgan fingerprint density at radius 2 is 1.39 bits per heavy atom. The van der Waals surface area contributed by atoms with Gasteiger partial charge in [0.05, 0.1) is 69.0 Å². The first-order valence-corrected chi connectivity index (χ1v) is 23.9. The van der Waals surface area contributed by atoms with Crippen molar-refractivity contribution in [3.8, 4) is 0 Å². The lowest BCUT2D eigenvalue weighted by atomic mass is 9.90. The van der Waals surface area contributed by atoms with Gasteiger partial charge in [-0.3, -0.25) is 42.6 Å². The van der Waals surface area contributed by atoms with Crippen molar-refractivity contribution in [1.82, 2.24) is 46.5 Å². The van der Waals surface area contributed by atoms with E-state index in [0.29, 0.717) is 32.0 Å². The normalized spacial score (nSPS) is 15.1. The first-order valence-electron chi connectivity index (χ1n) is 22.5. The zero-order valence-corrected chi connectivity index (χ0v) is 40.3. The molecular formula is C44H69N9O12S. The fourth-order valence-corrected chi connectivity index (χ4v) is 7.88. The van der Waals surface area contributed by atoms with Gasteiger partial charge >= 0.3 is 5.97 Å². The maximum atomic E-state index is 14.4. The standard InChI is InChI=1S/C44H69N9O12S/c1-9-33(10-2)53-26-32(50-51-53)23-45-37(54)15-16-41(58)65-44(8,28-64-66(61,62)34-13-11-31(7)12-14-34)42(59)35(21-29(3)4)48-39(56)25-47-43(60)36(22-30(5)6)49-38(55)24-46-40(57)27-52-17-19-63-20-18-52/h11-14,26,29-30,33,35-36H,9-10,15-25,27-28H2,1-8H3,(H,45,54)(H,46,57)(H,47,60)(H,48,56)(H,49,55)/t35-,36-,44?/m0/s1. The minimum atomic E-state index is -4.49. The van der Waals surface area contributed by atoms with Crippen LogP contribution in [0.1, 0.15) is 104 Å². The summed E-state index contributed by atoms with van der Waals surface area (Å²) in [5, 5.41) is 21.1. The van der Waals surface area contributed by atoms with Crippen molar-refractivity contribution in [3.63, 3.8) is 0 Å². The second-order valence-electron chi connectivity index (χ2n) is 17.4. The summed E-state index contributed by atoms with van der Waals surface area (Å²) < 4.78 is 44.6. The summed E-state index contributed by atoms with van der Waals surface area (Å²) in [5.41, 5.74) is -1.01. The Morgan fingerprint density at radius 3 is 2.00 bits per heavy atom. The number of rotatable bonds is 28. The molecule has 2 aromatic rings. The molecule has 22 heteroatoms. The smallest absolute Gasteiger partial charge is 0.307 e. The molecule has 1 saturated heterocycles. The SMILES string of the molecule is CCC(CC)n1cc(CNC(=O)CCC(=O)OC(C)(COS(=O)(=O)c2ccc(C)cc2)C(=O)[C@H](CC(C)C)NC(=O)CNC(=O)[C@H](CC(C)C)NC(=O)CNC(=O)CN2CCOCC2)nn1. The van der Waals surface area contributed by atoms with E-state index >= 15 is 0 Å². The van der Waals surface area contributed by atoms with Crippen LogP contribution in [0.4, 0.5) is 0 Å². The van der Waals surface area contributed by atoms with Gasteiger partial charge in [0.1, 0.15) is 18.3 Å². The summed E-state index contributed by atoms with van der Waals surface area (Å²) >= 11 is 0. The predicted molar refractivity (Wildman–Crippen MR) is 241 cm³/mol. The molecule has 21 nitrogen and oxygen atoms in total. The van der Waals surface area contributed by atoms with Crippen molar-refractivity contribution in [2.45, 2.75) is 129 Å². The third-order valence-corrected chi connectivity index (χ3v) is 11.9. The molecule has 0 spiro atoms. The van der Waals surface area contributed by atoms with Crippen molar-refractivity contribution in [1.29, 1.82) is 0 Å². The van der Waals surface area contributed by atoms with Crippen LogP contribution in [0.3, 0.4) is 0 Å². The van der Waals surface area contributed by atoms with Crippen molar-refractivity contribution >= 4 is 51.4 Å². The second-order valence-corrected chi connectivity index (χ2v) is 19.0. The van der Waals surface area contributed by atoms with Gasteiger partial charge in [-0.2, -0.15) is 8.42 Å². The summed E-state index contributed by atoms with van der Waals surface area (Å²) in [4.78, 5) is 94.2. The summed E-state index contributed by atoms with van der Waals surface area (Å²) in [6, 6.07) is 3.47. The van der Waals surface area contributed by atoms with Crippen molar-refractivity contribution in [3.05, 3.63) is 41.7 Å². The van der Waals surface area contributed by atoms with Gasteiger partial charge in [0.15, 0.2) is 5.60 Å². The van der Waals surface area contributed by atoms with Crippen LogP contribution < -0.4 is 26.6 Å². The van der Waals surface area contributed by atoms with Crippen LogP contribution >= 0.6 is 0 Å². The van der Waals surface area contributed by atoms with Crippen molar-refractivity contribution in [2.24, 2.45) is 11.8 Å². The van der Waals surface area contributed by atoms with Crippen LogP contribution in [0, 0.1) is 18.8 Å². The number of hydrogen-bond acceptors (Lipinski definition) is 15. The highest BCUT2D eigenvalue weighted by Gasteiger charge is 2.44. The minimum Gasteiger partial charge on any atom is -0.449 e. The number of benzene rings is 1. The molecule has 2 heterocycles. The van der Waals surface area contributed by atoms with E-state index in [1.165, 1.54) is 12.1 Å². The number of nitrogens with one attached hydrogen (secondary N) is 5. The third-order valence-electron chi connectivity index (χ3n) is 10.6. The Morgan fingerprint density at radius 1 is 0.803 bits per heavy atom. The molecule has 0 aliphatic carbocycles. The lowest BCUT2D eigenvalue weighted by molar-refractivity contribution is -0.170. The summed E-state index contributed by atoms with van der Waals surface area (Å²) in [5.74, 6) is -5.22. The van der Waals surface area contributed by atoms with E-state index in [1.807, 2.05) is 32.6 Å². The highest BCUT2D eigenvalue weighted by molar-refractivity contribution is 7.86. The van der Waals surface area contributed by atoms with E-state index in [-0.39, 0.29) is 67.6 Å². The van der Waals surface area contributed by atoms with Crippen molar-refractivity contribution in [2.75, 3.05) is 52.5 Å². The fraction of sp³-hybridized carbons (Fsp3) is 0.659. The van der Waals surface area contributed by atoms with Crippen LogP contribution in [0.5, 0.6) is 0 Å². The molecule has 0 radical (unpaired) electrons. The Labute approximate surface area is 387 Å². The molecular weight excluding hydrogens is 879 g/mol. The lowest BCUT2D eigenvalue weighted by Gasteiger charge is -2.32. The van der Waals surface area contributed by atoms with Gasteiger partial charge < -0.3 is 36.1 Å². The average Bonchev–Trinajstić information content (AvgIpc) is 3.74. The number of nitrogens with zero attached hydrogens (tertiary/aromatic N) is 4. The third kappa shape index (κ3) is 18.9. The Bertz CT molecular complexity index is 2050. The first kappa shape index (κ1) is 55.0. The van der Waals surface area contributed by atoms with Crippen molar-refractivity contribution < 1.29 is 55.6 Å². The van der Waals surface area contributed by atoms with E-state index < -0.39 is 82.8 Å². The number of ketones is 1. The van der Waals surface area contributed by atoms with Gasteiger partial charge in [0.25, 0.3) is 10.1 Å². The van der Waals surface area contributed by atoms with Crippen LogP contribution in [0.15, 0.2) is 35.4 Å². The van der Waals surface area contributed by atoms with Crippen LogP contribution in [0.2, 0.25) is 0 Å². The van der Waals surface area contributed by atoms with Gasteiger partial charge in [-0.1, -0.05) is 64.5 Å². The highest BCUT2D eigenvalue weighted by Crippen LogP contribution is 2.23. The van der Waals surface area contributed by atoms with Gasteiger partial charge in [-0.15, -0.1) is 5.10 Å². The Hall–Kier alpha value is -5.32. The number of hydrogen-bond donors (Lipinski definition) is 5. The molecule has 1 aromatic heterocycles. The maximum absolute atomic E-state index is 14.4. The number of aromatic nitrogens is 3. The van der Waals surface area contributed by atoms with Gasteiger partial charge in [-0.25, -0.2) is 4.68 Å². The molecule has 1 aromatic carbocycles. The summed E-state index contributed by atoms with van der Waals surface area (Å²) in [7, 11) is -4.49. The number of carbonyl (C=O) groups is 7. The minimum absolute atomic E-state index is 0.00391. The molecule has 5 N–H and O–H groups in total. The molecule has 1 unspecified atom stereocenters. The van der Waals surface area contributed by atoms with E-state index in [0.717, 1.165) is 25.3 Å². The molecule has 1 aliphatic rings. The van der Waals surface area contributed by atoms with Crippen LogP contribution in [-0.4, -0.2) is 140 Å². The monoisotopic (exact) mass is 947 g/mol. The molecule has 3 rings (SSSR count). The number of aryl methyl sites for hydroxylation is 1. The Kier molecular flexibility index (Phi) is 22.3. The average molecular weight is 948 g/mol. The molecule has 1 fully saturated rings. The highest BCUT2D eigenvalue weighted by atomic mass is 32.2. The zero-order valence-electron chi connectivity index (χ0n) is 39.5. The van der Waals surface area contributed by atoms with Gasteiger partial charge in [0, 0.05) is 19.5 Å². The number of ether oxygens (including phenoxy) is 2. The molecule has 0 saturated carbocycles. The van der Waals surface area contributed by atoms with E-state index in [1.54, 1.807) is 43.8 Å². The molecule has 1 aliphatic heterocycles. The van der Waals surface area contributed by atoms with E-state index in [9.17, 15) is 42.0 Å².